The van der Waals surface area contributed by atoms with Crippen LogP contribution in [0.1, 0.15) is 36.2 Å². The van der Waals surface area contributed by atoms with Gasteiger partial charge in [-0.05, 0) is 13.8 Å². The van der Waals surface area contributed by atoms with E-state index in [1.165, 1.54) is 0 Å². The summed E-state index contributed by atoms with van der Waals surface area (Å²) in [4.78, 5) is 55.9. The van der Waals surface area contributed by atoms with Gasteiger partial charge in [0, 0.05) is 17.2 Å². The summed E-state index contributed by atoms with van der Waals surface area (Å²) >= 11 is 0. The molecule has 2 rings (SSSR count). The molecule has 0 fully saturated rings. The van der Waals surface area contributed by atoms with Crippen molar-refractivity contribution >= 4 is 35.0 Å². The van der Waals surface area contributed by atoms with Gasteiger partial charge < -0.3 is 14.6 Å². The van der Waals surface area contributed by atoms with E-state index < -0.39 is 29.9 Å². The Kier molecular flexibility index (Phi) is 11.4. The highest BCUT2D eigenvalue weighted by molar-refractivity contribution is 6.39. The van der Waals surface area contributed by atoms with E-state index in [2.05, 4.69) is 9.47 Å². The van der Waals surface area contributed by atoms with Crippen molar-refractivity contribution in [2.45, 2.75) is 20.3 Å². The van der Waals surface area contributed by atoms with E-state index in [1.807, 2.05) is 0 Å². The van der Waals surface area contributed by atoms with Crippen LogP contribution in [0.2, 0.25) is 0 Å². The Labute approximate surface area is 185 Å². The minimum Gasteiger partial charge on any atom is -0.507 e. The van der Waals surface area contributed by atoms with Crippen LogP contribution < -0.4 is 0 Å². The Balaban J connectivity index is 0.000000320. The van der Waals surface area contributed by atoms with Gasteiger partial charge in [0.15, 0.2) is 5.78 Å². The fourth-order valence-corrected chi connectivity index (χ4v) is 2.23. The molecule has 0 aliphatic heterocycles. The van der Waals surface area contributed by atoms with Gasteiger partial charge in [0.25, 0.3) is 5.78 Å². The van der Waals surface area contributed by atoms with E-state index in [0.29, 0.717) is 11.1 Å². The third-order valence-corrected chi connectivity index (χ3v) is 3.73. The van der Waals surface area contributed by atoms with Gasteiger partial charge >= 0.3 is 11.9 Å². The number of Topliss-reactive ketones (excluding diaryl/α,β-unsaturated/α-hetero) is 2. The van der Waals surface area contributed by atoms with Gasteiger partial charge in [-0.2, -0.15) is 0 Å². The van der Waals surface area contributed by atoms with Crippen LogP contribution in [-0.2, 0) is 28.7 Å². The highest BCUT2D eigenvalue weighted by Gasteiger charge is 2.19. The summed E-state index contributed by atoms with van der Waals surface area (Å²) in [5.41, 5.74) is 0.889. The second kappa shape index (κ2) is 14.0. The molecule has 32 heavy (non-hydrogen) atoms. The molecule has 0 aliphatic rings. The quantitative estimate of drug-likeness (QED) is 0.158. The van der Waals surface area contributed by atoms with E-state index in [-0.39, 0.29) is 24.8 Å². The molecule has 8 nitrogen and oxygen atoms in total. The minimum atomic E-state index is -0.968. The number of carbonyl (C=O) groups excluding carboxylic acids is 5. The molecule has 0 amide bonds. The first-order valence-electron chi connectivity index (χ1n) is 9.75. The number of ketones is 3. The molecule has 0 radical (unpaired) electrons. The van der Waals surface area contributed by atoms with Gasteiger partial charge in [-0.25, -0.2) is 9.59 Å². The lowest BCUT2D eigenvalue weighted by Gasteiger charge is -2.00. The number of aliphatic hydroxyl groups excluding tert-OH is 1. The van der Waals surface area contributed by atoms with Gasteiger partial charge in [-0.3, -0.25) is 14.4 Å². The molecular formula is C24H24O8. The molecule has 2 aromatic carbocycles. The molecule has 0 aliphatic carbocycles. The van der Waals surface area contributed by atoms with Crippen molar-refractivity contribution in [2.24, 2.45) is 0 Å². The van der Waals surface area contributed by atoms with E-state index in [0.717, 1.165) is 6.08 Å². The average Bonchev–Trinajstić information content (AvgIpc) is 2.80. The summed E-state index contributed by atoms with van der Waals surface area (Å²) in [5.74, 6) is -4.23. The standard InChI is InChI=1S/2C12H12O4/c2*1-2-16-12(15)11(14)8-10(13)9-6-4-3-5-7-9/h3-7H,2,8H2,1H3;3-8,13H,2H2,1H3. The number of ether oxygens (including phenoxy) is 2. The van der Waals surface area contributed by atoms with Crippen LogP contribution in [0.4, 0.5) is 0 Å². The maximum Gasteiger partial charge on any atom is 0.379 e. The third-order valence-electron chi connectivity index (χ3n) is 3.73. The van der Waals surface area contributed by atoms with Crippen molar-refractivity contribution in [3.8, 4) is 0 Å². The van der Waals surface area contributed by atoms with Gasteiger partial charge in [-0.1, -0.05) is 60.7 Å². The molecule has 0 unspecified atom stereocenters. The van der Waals surface area contributed by atoms with Crippen LogP contribution >= 0.6 is 0 Å². The minimum absolute atomic E-state index is 0.129. The number of hydrogen-bond donors (Lipinski definition) is 1. The van der Waals surface area contributed by atoms with Crippen LogP contribution in [0.3, 0.4) is 0 Å². The van der Waals surface area contributed by atoms with Gasteiger partial charge in [0.1, 0.15) is 5.76 Å². The first-order valence-corrected chi connectivity index (χ1v) is 9.75. The van der Waals surface area contributed by atoms with E-state index in [9.17, 15) is 29.1 Å². The summed E-state index contributed by atoms with van der Waals surface area (Å²) in [5, 5.41) is 9.54. The molecule has 0 saturated carbocycles. The van der Waals surface area contributed by atoms with Crippen molar-refractivity contribution in [2.75, 3.05) is 13.2 Å². The Morgan fingerprint density at radius 1 is 0.750 bits per heavy atom. The Hall–Kier alpha value is -4.07. The lowest BCUT2D eigenvalue weighted by Crippen LogP contribution is -2.20. The van der Waals surface area contributed by atoms with Crippen molar-refractivity contribution in [3.63, 3.8) is 0 Å². The molecule has 0 saturated heterocycles. The zero-order chi connectivity index (χ0) is 23.9. The number of aliphatic hydroxyl groups is 1. The highest BCUT2D eigenvalue weighted by Crippen LogP contribution is 2.10. The molecule has 0 bridgehead atoms. The molecule has 168 valence electrons. The molecular weight excluding hydrogens is 416 g/mol. The number of rotatable bonds is 9. The summed E-state index contributed by atoms with van der Waals surface area (Å²) in [7, 11) is 0. The normalized spacial score (nSPS) is 10.2. The van der Waals surface area contributed by atoms with E-state index in [1.54, 1.807) is 74.5 Å². The van der Waals surface area contributed by atoms with Crippen molar-refractivity contribution in [3.05, 3.63) is 77.9 Å². The van der Waals surface area contributed by atoms with Crippen LogP contribution in [0.25, 0.3) is 5.76 Å². The molecule has 2 aromatic rings. The maximum absolute atomic E-state index is 11.5. The third kappa shape index (κ3) is 9.17. The summed E-state index contributed by atoms with van der Waals surface area (Å²) in [6.45, 7) is 3.46. The maximum atomic E-state index is 11.5. The number of benzene rings is 2. The summed E-state index contributed by atoms with van der Waals surface area (Å²) in [6.07, 6.45) is 0.413. The SMILES string of the molecule is CCOC(=O)C(=O)C=C(O)c1ccccc1.CCOC(=O)C(=O)CC(=O)c1ccccc1. The first kappa shape index (κ1) is 26.0. The van der Waals surface area contributed by atoms with Crippen LogP contribution in [0, 0.1) is 0 Å². The smallest absolute Gasteiger partial charge is 0.379 e. The highest BCUT2D eigenvalue weighted by atomic mass is 16.5. The predicted octanol–water partition coefficient (Wildman–Crippen LogP) is 3.11. The number of carbonyl (C=O) groups is 5. The summed E-state index contributed by atoms with van der Waals surface area (Å²) in [6, 6.07) is 16.8. The van der Waals surface area contributed by atoms with E-state index >= 15 is 0 Å². The largest absolute Gasteiger partial charge is 0.507 e. The monoisotopic (exact) mass is 440 g/mol. The van der Waals surface area contributed by atoms with Crippen LogP contribution in [-0.4, -0.2) is 47.6 Å². The Bertz CT molecular complexity index is 962. The topological polar surface area (TPSA) is 124 Å². The van der Waals surface area contributed by atoms with Crippen molar-refractivity contribution < 1.29 is 38.6 Å². The summed E-state index contributed by atoms with van der Waals surface area (Å²) < 4.78 is 9.00. The van der Waals surface area contributed by atoms with Crippen molar-refractivity contribution in [1.82, 2.24) is 0 Å². The van der Waals surface area contributed by atoms with Gasteiger partial charge in [0.05, 0.1) is 19.6 Å². The molecule has 8 heteroatoms. The van der Waals surface area contributed by atoms with Crippen molar-refractivity contribution in [1.29, 1.82) is 0 Å². The second-order valence-electron chi connectivity index (χ2n) is 6.09. The Morgan fingerprint density at radius 3 is 1.72 bits per heavy atom. The zero-order valence-electron chi connectivity index (χ0n) is 17.8. The lowest BCUT2D eigenvalue weighted by atomic mass is 10.1. The number of esters is 2. The second-order valence-corrected chi connectivity index (χ2v) is 6.09. The molecule has 0 heterocycles. The molecule has 0 spiro atoms. The zero-order valence-corrected chi connectivity index (χ0v) is 17.8. The fourth-order valence-electron chi connectivity index (χ4n) is 2.23. The van der Waals surface area contributed by atoms with Gasteiger partial charge in [-0.15, -0.1) is 0 Å². The van der Waals surface area contributed by atoms with Crippen LogP contribution in [0.5, 0.6) is 0 Å². The molecule has 0 atom stereocenters. The average molecular weight is 440 g/mol. The van der Waals surface area contributed by atoms with Crippen LogP contribution in [0.15, 0.2) is 66.7 Å². The molecule has 0 aromatic heterocycles. The first-order chi connectivity index (χ1) is 15.3. The Morgan fingerprint density at radius 2 is 1.22 bits per heavy atom. The lowest BCUT2D eigenvalue weighted by molar-refractivity contribution is -0.153. The van der Waals surface area contributed by atoms with Gasteiger partial charge in [0.2, 0.25) is 5.78 Å². The fraction of sp³-hybridized carbons (Fsp3) is 0.208. The number of hydrogen-bond acceptors (Lipinski definition) is 8. The predicted molar refractivity (Wildman–Crippen MR) is 116 cm³/mol. The van der Waals surface area contributed by atoms with E-state index in [4.69, 9.17) is 0 Å². The molecule has 1 N–H and O–H groups in total.